The van der Waals surface area contributed by atoms with Gasteiger partial charge in [-0.2, -0.15) is 0 Å². The van der Waals surface area contributed by atoms with Crippen LogP contribution in [-0.2, 0) is 6.42 Å². The van der Waals surface area contributed by atoms with Gasteiger partial charge in [-0.15, -0.1) is 11.8 Å². The summed E-state index contributed by atoms with van der Waals surface area (Å²) in [5.41, 5.74) is 6.51. The van der Waals surface area contributed by atoms with E-state index in [-0.39, 0.29) is 5.75 Å². The molecule has 272 valence electrons. The van der Waals surface area contributed by atoms with Crippen LogP contribution in [0.1, 0.15) is 88.3 Å². The van der Waals surface area contributed by atoms with Crippen LogP contribution in [0.15, 0.2) is 119 Å². The molecule has 53 heavy (non-hydrogen) atoms. The molecule has 7 rings (SSSR count). The zero-order valence-corrected chi connectivity index (χ0v) is 32.0. The number of nitrogens with zero attached hydrogens (tertiary/aromatic N) is 1. The zero-order chi connectivity index (χ0) is 37.0. The first-order valence-corrected chi connectivity index (χ1v) is 20.3. The lowest BCUT2D eigenvalue weighted by Crippen LogP contribution is -2.09. The topological polar surface area (TPSA) is 76.7 Å². The Morgan fingerprint density at radius 3 is 1.87 bits per heavy atom. The second-order valence-corrected chi connectivity index (χ2v) is 15.2. The number of aryl methyl sites for hydroxylation is 1. The van der Waals surface area contributed by atoms with Crippen molar-refractivity contribution in [1.82, 2.24) is 0 Å². The van der Waals surface area contributed by atoms with Gasteiger partial charge in [-0.25, -0.2) is 0 Å². The molecule has 6 aromatic carbocycles. The molecule has 5 heteroatoms. The predicted molar refractivity (Wildman–Crippen MR) is 229 cm³/mol. The second-order valence-electron chi connectivity index (χ2n) is 14.1. The lowest BCUT2D eigenvalue weighted by atomic mass is 9.92. The fourth-order valence-corrected chi connectivity index (χ4v) is 8.33. The summed E-state index contributed by atoms with van der Waals surface area (Å²) in [6.07, 6.45) is 15.0. The molecule has 1 aliphatic rings. The van der Waals surface area contributed by atoms with Crippen molar-refractivity contribution in [1.29, 1.82) is 5.41 Å². The Kier molecular flexibility index (Phi) is 13.4. The van der Waals surface area contributed by atoms with Crippen molar-refractivity contribution in [2.24, 2.45) is 4.99 Å². The van der Waals surface area contributed by atoms with Crippen molar-refractivity contribution >= 4 is 45.7 Å². The van der Waals surface area contributed by atoms with Gasteiger partial charge in [0.1, 0.15) is 11.5 Å². The monoisotopic (exact) mass is 720 g/mol. The fourth-order valence-electron chi connectivity index (χ4n) is 7.25. The lowest BCUT2D eigenvalue weighted by Gasteiger charge is -2.18. The van der Waals surface area contributed by atoms with Crippen molar-refractivity contribution in [2.75, 3.05) is 5.75 Å². The van der Waals surface area contributed by atoms with Crippen molar-refractivity contribution in [3.8, 4) is 33.8 Å². The lowest BCUT2D eigenvalue weighted by molar-refractivity contribution is 0.444. The Labute approximate surface area is 319 Å². The maximum absolute atomic E-state index is 11.2. The molecule has 4 nitrogen and oxygen atoms in total. The summed E-state index contributed by atoms with van der Waals surface area (Å²) < 4.78 is 0. The average Bonchev–Trinajstić information content (AvgIpc) is 3.21. The molecule has 1 aliphatic carbocycles. The SMILES string of the molecule is CCCCSc1cc(C=N)c(O)c(-c2cccc3ccccc23)c1.CCCCc1cc(C=NC2CCCCC2)c(O)c(-c2cccc3ccccc23)c1. The standard InChI is InChI=1S/C27H31NO.C21H21NOS/c1-2-3-10-20-17-22(19-28-23-13-5-4-6-14-23)27(29)26(18-20)25-16-9-12-21-11-7-8-15-24(21)25;1-2-3-11-24-17-12-16(14-22)21(23)20(13-17)19-10-6-8-15-7-4-5-9-18(15)19/h7-9,11-12,15-19,23,29H,2-6,10,13-14H2,1H3;4-10,12-14,22-23H,2-3,11H2,1H3. The van der Waals surface area contributed by atoms with E-state index in [1.54, 1.807) is 11.8 Å². The summed E-state index contributed by atoms with van der Waals surface area (Å²) >= 11 is 1.78. The zero-order valence-electron chi connectivity index (χ0n) is 31.2. The number of aromatic hydroxyl groups is 2. The first-order valence-electron chi connectivity index (χ1n) is 19.4. The number of phenolic OH excluding ortho intramolecular Hbond substituents is 2. The van der Waals surface area contributed by atoms with E-state index < -0.39 is 0 Å². The number of unbranched alkanes of at least 4 members (excludes halogenated alkanes) is 2. The van der Waals surface area contributed by atoms with Crippen molar-refractivity contribution in [3.63, 3.8) is 0 Å². The Morgan fingerprint density at radius 2 is 1.25 bits per heavy atom. The molecule has 0 heterocycles. The molecule has 3 N–H and O–H groups in total. The van der Waals surface area contributed by atoms with E-state index in [9.17, 15) is 10.2 Å². The number of phenols is 2. The number of thioether (sulfide) groups is 1. The van der Waals surface area contributed by atoms with Crippen LogP contribution in [0.4, 0.5) is 0 Å². The molecular weight excluding hydrogens is 669 g/mol. The van der Waals surface area contributed by atoms with Gasteiger partial charge in [-0.1, -0.05) is 131 Å². The smallest absolute Gasteiger partial charge is 0.132 e. The molecule has 1 saturated carbocycles. The van der Waals surface area contributed by atoms with E-state index in [4.69, 9.17) is 10.4 Å². The molecule has 0 amide bonds. The minimum absolute atomic E-state index is 0.182. The van der Waals surface area contributed by atoms with E-state index in [1.807, 2.05) is 42.6 Å². The van der Waals surface area contributed by atoms with Crippen molar-refractivity contribution < 1.29 is 10.2 Å². The fraction of sp³-hybridized carbons (Fsp3) is 0.292. The number of benzene rings is 6. The summed E-state index contributed by atoms with van der Waals surface area (Å²) in [4.78, 5) is 5.95. The molecular formula is C48H52N2O2S. The van der Waals surface area contributed by atoms with E-state index in [0.717, 1.165) is 74.9 Å². The minimum atomic E-state index is 0.182. The Balaban J connectivity index is 0.000000185. The molecule has 0 unspecified atom stereocenters. The minimum Gasteiger partial charge on any atom is -0.507 e. The summed E-state index contributed by atoms with van der Waals surface area (Å²) in [6.45, 7) is 4.40. The molecule has 0 bridgehead atoms. The number of fused-ring (bicyclic) bond motifs is 2. The van der Waals surface area contributed by atoms with Gasteiger partial charge in [0, 0.05) is 45.6 Å². The van der Waals surface area contributed by atoms with E-state index in [2.05, 4.69) is 86.6 Å². The van der Waals surface area contributed by atoms with E-state index >= 15 is 0 Å². The highest BCUT2D eigenvalue weighted by Gasteiger charge is 2.16. The molecule has 0 saturated heterocycles. The third kappa shape index (κ3) is 9.39. The third-order valence-electron chi connectivity index (χ3n) is 10.2. The Bertz CT molecular complexity index is 2170. The van der Waals surface area contributed by atoms with Crippen LogP contribution in [-0.4, -0.2) is 34.4 Å². The number of rotatable bonds is 12. The van der Waals surface area contributed by atoms with Gasteiger partial charge in [0.25, 0.3) is 0 Å². The maximum atomic E-state index is 11.2. The highest BCUT2D eigenvalue weighted by Crippen LogP contribution is 2.40. The molecule has 0 spiro atoms. The average molecular weight is 721 g/mol. The predicted octanol–water partition coefficient (Wildman–Crippen LogP) is 13.4. The Morgan fingerprint density at radius 1 is 0.660 bits per heavy atom. The van der Waals surface area contributed by atoms with Crippen LogP contribution < -0.4 is 0 Å². The van der Waals surface area contributed by atoms with Gasteiger partial charge in [-0.3, -0.25) is 4.99 Å². The number of nitrogens with one attached hydrogen (secondary N) is 1. The molecule has 0 atom stereocenters. The number of hydrogen-bond acceptors (Lipinski definition) is 5. The molecule has 0 radical (unpaired) electrons. The van der Waals surface area contributed by atoms with Crippen LogP contribution >= 0.6 is 11.8 Å². The highest BCUT2D eigenvalue weighted by atomic mass is 32.2. The van der Waals surface area contributed by atoms with E-state index in [0.29, 0.717) is 17.4 Å². The van der Waals surface area contributed by atoms with Crippen LogP contribution in [0.25, 0.3) is 43.8 Å². The first kappa shape index (κ1) is 37.9. The number of hydrogen-bond donors (Lipinski definition) is 3. The van der Waals surface area contributed by atoms with Gasteiger partial charge in [0.2, 0.25) is 0 Å². The van der Waals surface area contributed by atoms with Gasteiger partial charge in [-0.05, 0) is 100 Å². The molecule has 0 aromatic heterocycles. The second kappa shape index (κ2) is 18.8. The largest absolute Gasteiger partial charge is 0.507 e. The summed E-state index contributed by atoms with van der Waals surface area (Å²) in [7, 11) is 0. The van der Waals surface area contributed by atoms with Crippen LogP contribution in [0.5, 0.6) is 11.5 Å². The number of aliphatic imine (C=N–C) groups is 1. The van der Waals surface area contributed by atoms with Gasteiger partial charge in [0.05, 0.1) is 0 Å². The molecule has 0 aliphatic heterocycles. The summed E-state index contributed by atoms with van der Waals surface area (Å²) in [5, 5.41) is 34.1. The van der Waals surface area contributed by atoms with Crippen LogP contribution in [0.3, 0.4) is 0 Å². The van der Waals surface area contributed by atoms with Gasteiger partial charge in [0.15, 0.2) is 0 Å². The van der Waals surface area contributed by atoms with Crippen LogP contribution in [0.2, 0.25) is 0 Å². The molecule has 6 aromatic rings. The Hall–Kier alpha value is -4.87. The van der Waals surface area contributed by atoms with Gasteiger partial charge < -0.3 is 15.6 Å². The molecule has 1 fully saturated rings. The van der Waals surface area contributed by atoms with Crippen molar-refractivity contribution in [2.45, 2.75) is 89.0 Å². The highest BCUT2D eigenvalue weighted by molar-refractivity contribution is 7.99. The summed E-state index contributed by atoms with van der Waals surface area (Å²) in [5.74, 6) is 1.58. The first-order chi connectivity index (χ1) is 26.0. The van der Waals surface area contributed by atoms with E-state index in [1.165, 1.54) is 61.1 Å². The summed E-state index contributed by atoms with van der Waals surface area (Å²) in [6, 6.07) is 37.7. The van der Waals surface area contributed by atoms with Crippen LogP contribution in [0, 0.1) is 5.41 Å². The van der Waals surface area contributed by atoms with Crippen molar-refractivity contribution in [3.05, 3.63) is 126 Å². The normalized spacial score (nSPS) is 13.3. The van der Waals surface area contributed by atoms with Gasteiger partial charge >= 0.3 is 0 Å². The quantitative estimate of drug-likeness (QED) is 0.0669. The third-order valence-corrected chi connectivity index (χ3v) is 11.3. The maximum Gasteiger partial charge on any atom is 0.132 e.